The van der Waals surface area contributed by atoms with Crippen molar-refractivity contribution in [1.82, 2.24) is 10.2 Å². The van der Waals surface area contributed by atoms with Crippen LogP contribution in [-0.2, 0) is 13.0 Å². The van der Waals surface area contributed by atoms with Gasteiger partial charge in [-0.05, 0) is 37.6 Å². The van der Waals surface area contributed by atoms with Gasteiger partial charge in [-0.1, -0.05) is 37.6 Å². The summed E-state index contributed by atoms with van der Waals surface area (Å²) >= 11 is 0. The van der Waals surface area contributed by atoms with Crippen LogP contribution in [0.1, 0.15) is 30.9 Å². The van der Waals surface area contributed by atoms with Gasteiger partial charge in [0.15, 0.2) is 0 Å². The number of nitrogens with one attached hydrogen (secondary N) is 1. The molecule has 1 aliphatic rings. The van der Waals surface area contributed by atoms with E-state index in [1.807, 2.05) is 0 Å². The maximum atomic E-state index is 3.64. The molecule has 0 bridgehead atoms. The van der Waals surface area contributed by atoms with Gasteiger partial charge in [0.25, 0.3) is 0 Å². The maximum Gasteiger partial charge on any atom is 0.0238 e. The lowest BCUT2D eigenvalue weighted by atomic mass is 9.96. The molecule has 0 amide bonds. The maximum absolute atomic E-state index is 3.64. The average Bonchev–Trinajstić information content (AvgIpc) is 2.36. The number of hydrogen-bond acceptors (Lipinski definition) is 2. The molecule has 1 N–H and O–H groups in total. The summed E-state index contributed by atoms with van der Waals surface area (Å²) in [6.45, 7) is 5.66. The van der Waals surface area contributed by atoms with Gasteiger partial charge in [-0.2, -0.15) is 0 Å². The van der Waals surface area contributed by atoms with Crippen LogP contribution in [0.2, 0.25) is 0 Å². The number of unbranched alkanes of at least 4 members (excludes halogenated alkanes) is 1. The molecule has 0 saturated heterocycles. The molecule has 1 unspecified atom stereocenters. The third kappa shape index (κ3) is 3.55. The minimum atomic E-state index is 0.617. The molecule has 0 fully saturated rings. The summed E-state index contributed by atoms with van der Waals surface area (Å²) < 4.78 is 0. The fraction of sp³-hybridized carbons (Fsp3) is 0.600. The van der Waals surface area contributed by atoms with Gasteiger partial charge in [-0.3, -0.25) is 0 Å². The standard InChI is InChI=1S/C15H24N2/c1-3-4-9-17(2)12-15-10-13-7-5-6-8-14(13)11-16-15/h5-8,15-16H,3-4,9-12H2,1-2H3. The molecule has 1 aliphatic heterocycles. The molecule has 17 heavy (non-hydrogen) atoms. The van der Waals surface area contributed by atoms with Crippen molar-refractivity contribution in [3.63, 3.8) is 0 Å². The van der Waals surface area contributed by atoms with Gasteiger partial charge in [0.1, 0.15) is 0 Å². The molecule has 1 atom stereocenters. The molecule has 0 radical (unpaired) electrons. The zero-order valence-electron chi connectivity index (χ0n) is 11.1. The van der Waals surface area contributed by atoms with E-state index in [1.165, 1.54) is 36.9 Å². The highest BCUT2D eigenvalue weighted by molar-refractivity contribution is 5.29. The second-order valence-corrected chi connectivity index (χ2v) is 5.17. The van der Waals surface area contributed by atoms with Gasteiger partial charge >= 0.3 is 0 Å². The van der Waals surface area contributed by atoms with Crippen LogP contribution >= 0.6 is 0 Å². The summed E-state index contributed by atoms with van der Waals surface area (Å²) in [7, 11) is 2.23. The quantitative estimate of drug-likeness (QED) is 0.839. The van der Waals surface area contributed by atoms with Crippen molar-refractivity contribution in [2.24, 2.45) is 0 Å². The Labute approximate surface area is 105 Å². The zero-order valence-corrected chi connectivity index (χ0v) is 11.1. The van der Waals surface area contributed by atoms with E-state index in [1.54, 1.807) is 0 Å². The fourth-order valence-corrected chi connectivity index (χ4v) is 2.55. The second-order valence-electron chi connectivity index (χ2n) is 5.17. The summed E-state index contributed by atoms with van der Waals surface area (Å²) in [5, 5.41) is 3.64. The highest BCUT2D eigenvalue weighted by Gasteiger charge is 2.18. The van der Waals surface area contributed by atoms with E-state index < -0.39 is 0 Å². The first-order chi connectivity index (χ1) is 8.29. The Morgan fingerprint density at radius 1 is 1.29 bits per heavy atom. The highest BCUT2D eigenvalue weighted by atomic mass is 15.1. The highest BCUT2D eigenvalue weighted by Crippen LogP contribution is 2.16. The summed E-state index contributed by atoms with van der Waals surface area (Å²) in [4.78, 5) is 2.45. The van der Waals surface area contributed by atoms with Crippen molar-refractivity contribution < 1.29 is 0 Å². The molecule has 2 rings (SSSR count). The fourth-order valence-electron chi connectivity index (χ4n) is 2.55. The van der Waals surface area contributed by atoms with Gasteiger partial charge in [-0.25, -0.2) is 0 Å². The van der Waals surface area contributed by atoms with Crippen molar-refractivity contribution in [1.29, 1.82) is 0 Å². The third-order valence-electron chi connectivity index (χ3n) is 3.59. The summed E-state index contributed by atoms with van der Waals surface area (Å²) in [6.07, 6.45) is 3.76. The predicted molar refractivity (Wildman–Crippen MR) is 73.2 cm³/mol. The third-order valence-corrected chi connectivity index (χ3v) is 3.59. The lowest BCUT2D eigenvalue weighted by Gasteiger charge is -2.29. The van der Waals surface area contributed by atoms with Crippen LogP contribution in [0.3, 0.4) is 0 Å². The Kier molecular flexibility index (Phi) is 4.57. The van der Waals surface area contributed by atoms with Crippen molar-refractivity contribution in [3.8, 4) is 0 Å². The molecule has 94 valence electrons. The van der Waals surface area contributed by atoms with Gasteiger partial charge in [0.05, 0.1) is 0 Å². The largest absolute Gasteiger partial charge is 0.308 e. The number of nitrogens with zero attached hydrogens (tertiary/aromatic N) is 1. The average molecular weight is 232 g/mol. The lowest BCUT2D eigenvalue weighted by molar-refractivity contribution is 0.277. The van der Waals surface area contributed by atoms with E-state index >= 15 is 0 Å². The first-order valence-electron chi connectivity index (χ1n) is 6.78. The molecule has 1 aromatic rings. The smallest absolute Gasteiger partial charge is 0.0238 e. The molecule has 0 aromatic heterocycles. The first-order valence-corrected chi connectivity index (χ1v) is 6.78. The van der Waals surface area contributed by atoms with Crippen molar-refractivity contribution in [2.45, 2.75) is 38.8 Å². The normalized spacial score (nSPS) is 19.4. The Balaban J connectivity index is 1.85. The van der Waals surface area contributed by atoms with Gasteiger partial charge in [0, 0.05) is 19.1 Å². The van der Waals surface area contributed by atoms with E-state index in [4.69, 9.17) is 0 Å². The van der Waals surface area contributed by atoms with Crippen LogP contribution in [0.15, 0.2) is 24.3 Å². The van der Waals surface area contributed by atoms with E-state index in [2.05, 4.69) is 48.5 Å². The molecule has 0 spiro atoms. The van der Waals surface area contributed by atoms with Crippen LogP contribution in [0.4, 0.5) is 0 Å². The van der Waals surface area contributed by atoms with Crippen LogP contribution in [-0.4, -0.2) is 31.1 Å². The predicted octanol–water partition coefficient (Wildman–Crippen LogP) is 2.43. The van der Waals surface area contributed by atoms with Crippen LogP contribution in [0.25, 0.3) is 0 Å². The van der Waals surface area contributed by atoms with Gasteiger partial charge < -0.3 is 10.2 Å². The SMILES string of the molecule is CCCCN(C)CC1Cc2ccccc2CN1. The zero-order chi connectivity index (χ0) is 12.1. The van der Waals surface area contributed by atoms with Crippen LogP contribution in [0, 0.1) is 0 Å². The molecule has 0 aliphatic carbocycles. The lowest BCUT2D eigenvalue weighted by Crippen LogP contribution is -2.43. The number of hydrogen-bond donors (Lipinski definition) is 1. The minimum Gasteiger partial charge on any atom is -0.308 e. The van der Waals surface area contributed by atoms with Crippen molar-refractivity contribution in [3.05, 3.63) is 35.4 Å². The Hall–Kier alpha value is -0.860. The van der Waals surface area contributed by atoms with Gasteiger partial charge in [0.2, 0.25) is 0 Å². The number of rotatable bonds is 5. The number of benzene rings is 1. The molecule has 2 nitrogen and oxygen atoms in total. The Bertz CT molecular complexity index is 349. The van der Waals surface area contributed by atoms with Crippen molar-refractivity contribution in [2.75, 3.05) is 20.1 Å². The Morgan fingerprint density at radius 3 is 2.82 bits per heavy atom. The van der Waals surface area contributed by atoms with E-state index in [9.17, 15) is 0 Å². The van der Waals surface area contributed by atoms with E-state index in [0.29, 0.717) is 6.04 Å². The summed E-state index contributed by atoms with van der Waals surface area (Å²) in [5.74, 6) is 0. The molecule has 0 saturated carbocycles. The molecule has 1 aromatic carbocycles. The van der Waals surface area contributed by atoms with E-state index in [-0.39, 0.29) is 0 Å². The topological polar surface area (TPSA) is 15.3 Å². The summed E-state index contributed by atoms with van der Waals surface area (Å²) in [6, 6.07) is 9.41. The van der Waals surface area contributed by atoms with Gasteiger partial charge in [-0.15, -0.1) is 0 Å². The second kappa shape index (κ2) is 6.18. The van der Waals surface area contributed by atoms with Crippen LogP contribution in [0.5, 0.6) is 0 Å². The first kappa shape index (κ1) is 12.6. The van der Waals surface area contributed by atoms with Crippen LogP contribution < -0.4 is 5.32 Å². The van der Waals surface area contributed by atoms with Crippen molar-refractivity contribution >= 4 is 0 Å². The number of likely N-dealkylation sites (N-methyl/N-ethyl adjacent to an activating group) is 1. The Morgan fingerprint density at radius 2 is 2.06 bits per heavy atom. The minimum absolute atomic E-state index is 0.617. The summed E-state index contributed by atoms with van der Waals surface area (Å²) in [5.41, 5.74) is 3.00. The molecular formula is C15H24N2. The number of fused-ring (bicyclic) bond motifs is 1. The molecule has 1 heterocycles. The molecule has 2 heteroatoms. The molecular weight excluding hydrogens is 208 g/mol. The van der Waals surface area contributed by atoms with E-state index in [0.717, 1.165) is 13.1 Å². The monoisotopic (exact) mass is 232 g/mol.